The first-order valence-corrected chi connectivity index (χ1v) is 11.5. The van der Waals surface area contributed by atoms with Gasteiger partial charge in [0.2, 0.25) is 0 Å². The molecule has 0 saturated heterocycles. The summed E-state index contributed by atoms with van der Waals surface area (Å²) in [4.78, 5) is 42.9. The Morgan fingerprint density at radius 2 is 1.42 bits per heavy atom. The van der Waals surface area contributed by atoms with Gasteiger partial charge in [0, 0.05) is 65.9 Å². The first-order valence-electron chi connectivity index (χ1n) is 11.5. The van der Waals surface area contributed by atoms with Gasteiger partial charge < -0.3 is 15.5 Å². The molecule has 7 heteroatoms. The smallest absolute Gasteiger partial charge is 0.255 e. The molecule has 2 N–H and O–H groups in total. The molecule has 0 bridgehead atoms. The van der Waals surface area contributed by atoms with E-state index in [4.69, 9.17) is 0 Å². The average molecular weight is 477 g/mol. The fraction of sp³-hybridized carbons (Fsp3) is 0.103. The summed E-state index contributed by atoms with van der Waals surface area (Å²) in [5.74, 6) is -0.540. The van der Waals surface area contributed by atoms with Crippen LogP contribution < -0.4 is 10.6 Å². The van der Waals surface area contributed by atoms with E-state index in [-0.39, 0.29) is 23.6 Å². The van der Waals surface area contributed by atoms with E-state index in [9.17, 15) is 14.4 Å². The van der Waals surface area contributed by atoms with Crippen LogP contribution in [0, 0.1) is 0 Å². The van der Waals surface area contributed by atoms with E-state index >= 15 is 0 Å². The number of carbonyl (C=O) groups is 3. The fourth-order valence-electron chi connectivity index (χ4n) is 3.99. The normalized spacial score (nSPS) is 14.1. The molecule has 1 aliphatic rings. The number of fused-ring (bicyclic) bond motifs is 1. The number of anilines is 2. The second-order valence-electron chi connectivity index (χ2n) is 8.84. The van der Waals surface area contributed by atoms with Crippen LogP contribution in [0.5, 0.6) is 0 Å². The van der Waals surface area contributed by atoms with E-state index in [0.717, 1.165) is 22.0 Å². The Morgan fingerprint density at radius 1 is 0.750 bits per heavy atom. The SMILES string of the molecule is CN(C)C(=O)c1ccc(NC(=O)c2ccc([C@@H]3C=C3C(=O)Nc3ccc4cnccc4c3)cc2)cc1. The number of carbonyl (C=O) groups excluding carboxylic acids is 3. The minimum Gasteiger partial charge on any atom is -0.345 e. The molecule has 1 aliphatic carbocycles. The number of nitrogens with zero attached hydrogens (tertiary/aromatic N) is 2. The monoisotopic (exact) mass is 476 g/mol. The maximum atomic E-state index is 12.7. The number of aromatic nitrogens is 1. The molecular formula is C29H24N4O3. The van der Waals surface area contributed by atoms with Gasteiger partial charge in [0.25, 0.3) is 17.7 Å². The van der Waals surface area contributed by atoms with Crippen molar-refractivity contribution in [3.63, 3.8) is 0 Å². The van der Waals surface area contributed by atoms with Crippen LogP contribution in [0.3, 0.4) is 0 Å². The molecule has 178 valence electrons. The van der Waals surface area contributed by atoms with Crippen LogP contribution in [0.25, 0.3) is 10.8 Å². The minimum absolute atomic E-state index is 0.0615. The lowest BCUT2D eigenvalue weighted by molar-refractivity contribution is -0.112. The maximum absolute atomic E-state index is 12.7. The molecule has 1 heterocycles. The summed E-state index contributed by atoms with van der Waals surface area (Å²) < 4.78 is 0. The van der Waals surface area contributed by atoms with Crippen LogP contribution in [0.4, 0.5) is 11.4 Å². The van der Waals surface area contributed by atoms with E-state index in [1.54, 1.807) is 62.9 Å². The summed E-state index contributed by atoms with van der Waals surface area (Å²) in [5.41, 5.74) is 4.05. The Balaban J connectivity index is 1.17. The molecule has 0 unspecified atom stereocenters. The van der Waals surface area contributed by atoms with Crippen molar-refractivity contribution >= 4 is 39.9 Å². The molecule has 0 saturated carbocycles. The minimum atomic E-state index is -0.249. The Hall–Kier alpha value is -4.78. The summed E-state index contributed by atoms with van der Waals surface area (Å²) >= 11 is 0. The van der Waals surface area contributed by atoms with E-state index in [0.29, 0.717) is 22.4 Å². The number of pyridine rings is 1. The van der Waals surface area contributed by atoms with Crippen LogP contribution in [-0.2, 0) is 4.79 Å². The number of benzene rings is 3. The Morgan fingerprint density at radius 3 is 2.14 bits per heavy atom. The van der Waals surface area contributed by atoms with Crippen molar-refractivity contribution in [3.8, 4) is 0 Å². The molecule has 0 aliphatic heterocycles. The quantitative estimate of drug-likeness (QED) is 0.416. The van der Waals surface area contributed by atoms with Crippen molar-refractivity contribution in [3.05, 3.63) is 114 Å². The van der Waals surface area contributed by atoms with Gasteiger partial charge in [-0.15, -0.1) is 0 Å². The van der Waals surface area contributed by atoms with E-state index in [1.165, 1.54) is 4.90 Å². The predicted molar refractivity (Wildman–Crippen MR) is 140 cm³/mol. The van der Waals surface area contributed by atoms with Crippen molar-refractivity contribution in [2.45, 2.75) is 5.92 Å². The lowest BCUT2D eigenvalue weighted by Crippen LogP contribution is -2.21. The van der Waals surface area contributed by atoms with Crippen molar-refractivity contribution < 1.29 is 14.4 Å². The highest BCUT2D eigenvalue weighted by atomic mass is 16.2. The highest BCUT2D eigenvalue weighted by molar-refractivity contribution is 6.09. The van der Waals surface area contributed by atoms with Gasteiger partial charge >= 0.3 is 0 Å². The molecule has 0 radical (unpaired) electrons. The highest BCUT2D eigenvalue weighted by Crippen LogP contribution is 2.40. The van der Waals surface area contributed by atoms with Crippen molar-refractivity contribution in [1.82, 2.24) is 9.88 Å². The fourth-order valence-corrected chi connectivity index (χ4v) is 3.99. The Labute approximate surface area is 208 Å². The second-order valence-corrected chi connectivity index (χ2v) is 8.84. The van der Waals surface area contributed by atoms with E-state index in [1.807, 2.05) is 42.5 Å². The molecule has 3 amide bonds. The Kier molecular flexibility index (Phi) is 6.04. The molecule has 5 rings (SSSR count). The van der Waals surface area contributed by atoms with Crippen LogP contribution in [0.2, 0.25) is 0 Å². The van der Waals surface area contributed by atoms with Gasteiger partial charge in [-0.1, -0.05) is 24.3 Å². The van der Waals surface area contributed by atoms with Gasteiger partial charge in [0.15, 0.2) is 0 Å². The zero-order valence-electron chi connectivity index (χ0n) is 19.9. The summed E-state index contributed by atoms with van der Waals surface area (Å²) in [7, 11) is 3.38. The van der Waals surface area contributed by atoms with Gasteiger partial charge in [0.05, 0.1) is 0 Å². The van der Waals surface area contributed by atoms with E-state index in [2.05, 4.69) is 15.6 Å². The van der Waals surface area contributed by atoms with Crippen LogP contribution in [0.1, 0.15) is 32.2 Å². The van der Waals surface area contributed by atoms with Gasteiger partial charge in [-0.25, -0.2) is 0 Å². The molecule has 36 heavy (non-hydrogen) atoms. The molecule has 1 atom stereocenters. The van der Waals surface area contributed by atoms with Crippen LogP contribution in [0.15, 0.2) is 96.8 Å². The predicted octanol–water partition coefficient (Wildman–Crippen LogP) is 4.85. The first kappa shape index (κ1) is 23.0. The lowest BCUT2D eigenvalue weighted by atomic mass is 10.0. The first-order chi connectivity index (χ1) is 17.4. The highest BCUT2D eigenvalue weighted by Gasteiger charge is 2.32. The Bertz CT molecular complexity index is 1510. The molecule has 7 nitrogen and oxygen atoms in total. The van der Waals surface area contributed by atoms with Crippen LogP contribution >= 0.6 is 0 Å². The van der Waals surface area contributed by atoms with Crippen molar-refractivity contribution in [2.75, 3.05) is 24.7 Å². The number of hydrogen-bond acceptors (Lipinski definition) is 4. The molecule has 0 spiro atoms. The summed E-state index contributed by atoms with van der Waals surface area (Å²) in [5, 5.41) is 7.82. The molecule has 1 aromatic heterocycles. The van der Waals surface area contributed by atoms with Crippen molar-refractivity contribution in [1.29, 1.82) is 0 Å². The average Bonchev–Trinajstić information content (AvgIpc) is 3.70. The van der Waals surface area contributed by atoms with Gasteiger partial charge in [-0.2, -0.15) is 0 Å². The van der Waals surface area contributed by atoms with Gasteiger partial charge in [-0.05, 0) is 65.5 Å². The third-order valence-electron chi connectivity index (χ3n) is 6.06. The largest absolute Gasteiger partial charge is 0.345 e. The second kappa shape index (κ2) is 9.46. The summed E-state index contributed by atoms with van der Waals surface area (Å²) in [6.07, 6.45) is 5.42. The molecular weight excluding hydrogens is 452 g/mol. The topological polar surface area (TPSA) is 91.4 Å². The van der Waals surface area contributed by atoms with Gasteiger partial charge in [-0.3, -0.25) is 19.4 Å². The third kappa shape index (κ3) is 4.86. The zero-order chi connectivity index (χ0) is 25.2. The standard InChI is InChI=1S/C29H24N4O3/c1-33(2)29(36)20-7-10-23(11-8-20)31-27(34)19-5-3-18(4-6-19)25-16-26(25)28(35)32-24-12-9-22-17-30-14-13-21(22)15-24/h3-17,25H,1-2H3,(H,31,34)(H,32,35)/t25-/m0/s1. The molecule has 0 fully saturated rings. The van der Waals surface area contributed by atoms with Crippen LogP contribution in [-0.4, -0.2) is 41.7 Å². The third-order valence-corrected chi connectivity index (χ3v) is 6.06. The number of nitrogens with one attached hydrogen (secondary N) is 2. The lowest BCUT2D eigenvalue weighted by Gasteiger charge is -2.11. The summed E-state index contributed by atoms with van der Waals surface area (Å²) in [6, 6.07) is 21.6. The summed E-state index contributed by atoms with van der Waals surface area (Å²) in [6.45, 7) is 0. The van der Waals surface area contributed by atoms with E-state index < -0.39 is 0 Å². The van der Waals surface area contributed by atoms with Gasteiger partial charge in [0.1, 0.15) is 0 Å². The zero-order valence-corrected chi connectivity index (χ0v) is 19.9. The number of allylic oxidation sites excluding steroid dienone is 1. The molecule has 4 aromatic rings. The van der Waals surface area contributed by atoms with Crippen molar-refractivity contribution in [2.24, 2.45) is 0 Å². The number of hydrogen-bond donors (Lipinski definition) is 2. The molecule has 3 aromatic carbocycles. The maximum Gasteiger partial charge on any atom is 0.255 e. The number of amides is 3. The number of rotatable bonds is 6.